The van der Waals surface area contributed by atoms with Crippen LogP contribution < -0.4 is 5.32 Å². The Morgan fingerprint density at radius 1 is 1.35 bits per heavy atom. The number of ether oxygens (including phenoxy) is 1. The van der Waals surface area contributed by atoms with E-state index in [-0.39, 0.29) is 12.1 Å². The largest absolute Gasteiger partial charge is 0.392 e. The molecular weight excluding hydrogens is 292 g/mol. The number of nitrogens with one attached hydrogen (secondary N) is 1. The number of benzene rings is 1. The van der Waals surface area contributed by atoms with E-state index in [0.717, 1.165) is 38.0 Å². The highest BCUT2D eigenvalue weighted by Gasteiger charge is 2.23. The second-order valence-corrected chi connectivity index (χ2v) is 6.43. The van der Waals surface area contributed by atoms with Crippen LogP contribution in [0.3, 0.4) is 0 Å². The minimum absolute atomic E-state index is 0.0109. The molecule has 0 unspecified atom stereocenters. The molecule has 0 radical (unpaired) electrons. The Kier molecular flexibility index (Phi) is 6.86. The van der Waals surface area contributed by atoms with Gasteiger partial charge in [0.05, 0.1) is 12.1 Å². The monoisotopic (exact) mass is 320 g/mol. The molecule has 0 bridgehead atoms. The van der Waals surface area contributed by atoms with Crippen molar-refractivity contribution in [3.8, 4) is 0 Å². The number of aliphatic hydroxyl groups is 1. The van der Waals surface area contributed by atoms with Crippen LogP contribution in [0, 0.1) is 5.92 Å². The van der Waals surface area contributed by atoms with Gasteiger partial charge in [0.15, 0.2) is 0 Å². The van der Waals surface area contributed by atoms with Crippen molar-refractivity contribution >= 4 is 6.03 Å². The summed E-state index contributed by atoms with van der Waals surface area (Å²) in [5, 5.41) is 12.6. The van der Waals surface area contributed by atoms with Crippen LogP contribution in [-0.2, 0) is 4.74 Å². The molecule has 0 aliphatic carbocycles. The molecule has 128 valence electrons. The third-order valence-corrected chi connectivity index (χ3v) is 4.29. The lowest BCUT2D eigenvalue weighted by molar-refractivity contribution is 0.0605. The number of amides is 2. The van der Waals surface area contributed by atoms with Crippen molar-refractivity contribution in [2.24, 2.45) is 5.92 Å². The summed E-state index contributed by atoms with van der Waals surface area (Å²) in [6.07, 6.45) is 2.48. The van der Waals surface area contributed by atoms with Gasteiger partial charge in [-0.3, -0.25) is 0 Å². The number of carbonyl (C=O) groups excluding carboxylic acids is 1. The summed E-state index contributed by atoms with van der Waals surface area (Å²) in [5.74, 6) is 0.566. The summed E-state index contributed by atoms with van der Waals surface area (Å²) >= 11 is 0. The highest BCUT2D eigenvalue weighted by molar-refractivity contribution is 5.74. The van der Waals surface area contributed by atoms with Crippen LogP contribution >= 0.6 is 0 Å². The van der Waals surface area contributed by atoms with Crippen LogP contribution in [-0.4, -0.2) is 48.9 Å². The SMILES string of the molecule is C[C@@H](O)CN(C)C(=O)N[C@@H](CC1CCOCC1)c1ccccc1. The molecule has 2 amide bonds. The van der Waals surface area contributed by atoms with E-state index in [2.05, 4.69) is 17.4 Å². The van der Waals surface area contributed by atoms with Gasteiger partial charge in [-0.05, 0) is 37.7 Å². The third-order valence-electron chi connectivity index (χ3n) is 4.29. The summed E-state index contributed by atoms with van der Waals surface area (Å²) in [6.45, 7) is 3.62. The first kappa shape index (κ1) is 17.8. The van der Waals surface area contributed by atoms with Gasteiger partial charge in [0.2, 0.25) is 0 Å². The van der Waals surface area contributed by atoms with Crippen molar-refractivity contribution in [3.63, 3.8) is 0 Å². The Balaban J connectivity index is 2.02. The minimum Gasteiger partial charge on any atom is -0.392 e. The van der Waals surface area contributed by atoms with Crippen molar-refractivity contribution in [1.29, 1.82) is 0 Å². The fourth-order valence-electron chi connectivity index (χ4n) is 3.02. The Morgan fingerprint density at radius 2 is 2.00 bits per heavy atom. The maximum Gasteiger partial charge on any atom is 0.317 e. The van der Waals surface area contributed by atoms with E-state index < -0.39 is 6.10 Å². The number of hydrogen-bond donors (Lipinski definition) is 2. The molecule has 1 saturated heterocycles. The van der Waals surface area contributed by atoms with Crippen LogP contribution in [0.15, 0.2) is 30.3 Å². The van der Waals surface area contributed by atoms with Crippen molar-refractivity contribution in [3.05, 3.63) is 35.9 Å². The smallest absolute Gasteiger partial charge is 0.317 e. The third kappa shape index (κ3) is 5.84. The Bertz CT molecular complexity index is 472. The zero-order valence-electron chi connectivity index (χ0n) is 14.1. The molecule has 5 heteroatoms. The molecule has 1 aromatic rings. The first-order valence-corrected chi connectivity index (χ1v) is 8.38. The van der Waals surface area contributed by atoms with E-state index in [0.29, 0.717) is 12.5 Å². The summed E-state index contributed by atoms with van der Waals surface area (Å²) in [7, 11) is 1.71. The van der Waals surface area contributed by atoms with E-state index in [4.69, 9.17) is 4.74 Å². The van der Waals surface area contributed by atoms with Crippen molar-refractivity contribution in [2.45, 2.75) is 38.3 Å². The number of nitrogens with zero attached hydrogens (tertiary/aromatic N) is 1. The molecule has 0 aromatic heterocycles. The fourth-order valence-corrected chi connectivity index (χ4v) is 3.02. The average molecular weight is 320 g/mol. The summed E-state index contributed by atoms with van der Waals surface area (Å²) in [4.78, 5) is 13.9. The lowest BCUT2D eigenvalue weighted by atomic mass is 9.89. The molecule has 1 aromatic carbocycles. The van der Waals surface area contributed by atoms with Crippen LogP contribution in [0.5, 0.6) is 0 Å². The standard InChI is InChI=1S/C18H28N2O3/c1-14(21)13-20(2)18(22)19-17(16-6-4-3-5-7-16)12-15-8-10-23-11-9-15/h3-7,14-15,17,21H,8-13H2,1-2H3,(H,19,22)/t14-,17+/m1/s1. The number of likely N-dealkylation sites (N-methyl/N-ethyl adjacent to an activating group) is 1. The molecule has 2 N–H and O–H groups in total. The predicted molar refractivity (Wildman–Crippen MR) is 90.2 cm³/mol. The van der Waals surface area contributed by atoms with Gasteiger partial charge in [-0.1, -0.05) is 30.3 Å². The number of carbonyl (C=O) groups is 1. The van der Waals surface area contributed by atoms with E-state index in [1.807, 2.05) is 18.2 Å². The highest BCUT2D eigenvalue weighted by Crippen LogP contribution is 2.27. The Labute approximate surface area is 138 Å². The maximum atomic E-state index is 12.4. The van der Waals surface area contributed by atoms with Crippen LogP contribution in [0.4, 0.5) is 4.79 Å². The minimum atomic E-state index is -0.531. The predicted octanol–water partition coefficient (Wildman–Crippen LogP) is 2.57. The van der Waals surface area contributed by atoms with Gasteiger partial charge >= 0.3 is 6.03 Å². The van der Waals surface area contributed by atoms with Crippen molar-refractivity contribution < 1.29 is 14.6 Å². The number of urea groups is 1. The van der Waals surface area contributed by atoms with Gasteiger partial charge < -0.3 is 20.1 Å². The molecule has 0 saturated carbocycles. The summed E-state index contributed by atoms with van der Waals surface area (Å²) < 4.78 is 5.43. The molecular formula is C18H28N2O3. The molecule has 23 heavy (non-hydrogen) atoms. The first-order chi connectivity index (χ1) is 11.1. The zero-order chi connectivity index (χ0) is 16.7. The lowest BCUT2D eigenvalue weighted by Gasteiger charge is -2.29. The van der Waals surface area contributed by atoms with Gasteiger partial charge in [0.25, 0.3) is 0 Å². The van der Waals surface area contributed by atoms with Crippen molar-refractivity contribution in [1.82, 2.24) is 10.2 Å². The van der Waals surface area contributed by atoms with E-state index in [9.17, 15) is 9.90 Å². The molecule has 5 nitrogen and oxygen atoms in total. The number of rotatable bonds is 6. The van der Waals surface area contributed by atoms with Crippen LogP contribution in [0.1, 0.15) is 37.8 Å². The fraction of sp³-hybridized carbons (Fsp3) is 0.611. The van der Waals surface area contributed by atoms with E-state index in [1.165, 1.54) is 4.90 Å². The zero-order valence-corrected chi connectivity index (χ0v) is 14.1. The van der Waals surface area contributed by atoms with Crippen LogP contribution in [0.25, 0.3) is 0 Å². The molecule has 1 aliphatic heterocycles. The summed E-state index contributed by atoms with van der Waals surface area (Å²) in [5.41, 5.74) is 1.12. The topological polar surface area (TPSA) is 61.8 Å². The van der Waals surface area contributed by atoms with Gasteiger partial charge in [0.1, 0.15) is 0 Å². The molecule has 0 spiro atoms. The Morgan fingerprint density at radius 3 is 2.61 bits per heavy atom. The number of aliphatic hydroxyl groups excluding tert-OH is 1. The van der Waals surface area contributed by atoms with Gasteiger partial charge in [-0.2, -0.15) is 0 Å². The number of hydrogen-bond acceptors (Lipinski definition) is 3. The highest BCUT2D eigenvalue weighted by atomic mass is 16.5. The van der Waals surface area contributed by atoms with Gasteiger partial charge in [0, 0.05) is 26.8 Å². The normalized spacial score (nSPS) is 18.2. The van der Waals surface area contributed by atoms with E-state index >= 15 is 0 Å². The summed E-state index contributed by atoms with van der Waals surface area (Å²) in [6, 6.07) is 9.93. The molecule has 2 rings (SSSR count). The van der Waals surface area contributed by atoms with Crippen molar-refractivity contribution in [2.75, 3.05) is 26.8 Å². The first-order valence-electron chi connectivity index (χ1n) is 8.38. The molecule has 2 atom stereocenters. The second-order valence-electron chi connectivity index (χ2n) is 6.43. The molecule has 1 aliphatic rings. The quantitative estimate of drug-likeness (QED) is 0.847. The molecule has 1 fully saturated rings. The van der Waals surface area contributed by atoms with E-state index in [1.54, 1.807) is 14.0 Å². The average Bonchev–Trinajstić information content (AvgIpc) is 2.55. The maximum absolute atomic E-state index is 12.4. The Hall–Kier alpha value is -1.59. The lowest BCUT2D eigenvalue weighted by Crippen LogP contribution is -2.42. The van der Waals surface area contributed by atoms with Crippen LogP contribution in [0.2, 0.25) is 0 Å². The van der Waals surface area contributed by atoms with Gasteiger partial charge in [-0.15, -0.1) is 0 Å². The molecule has 1 heterocycles. The second kappa shape index (κ2) is 8.89. The van der Waals surface area contributed by atoms with Gasteiger partial charge in [-0.25, -0.2) is 4.79 Å².